The average Bonchev–Trinajstić information content (AvgIpc) is 2.83. The van der Waals surface area contributed by atoms with Crippen molar-refractivity contribution in [2.24, 2.45) is 0 Å². The molecular weight excluding hydrogens is 432 g/mol. The van der Waals surface area contributed by atoms with Gasteiger partial charge in [-0.3, -0.25) is 0 Å². The number of cyclic esters (lactones) is 1. The van der Waals surface area contributed by atoms with E-state index in [9.17, 15) is 4.79 Å². The van der Waals surface area contributed by atoms with Gasteiger partial charge in [-0.1, -0.05) is 66.8 Å². The Kier molecular flexibility index (Phi) is 17.7. The van der Waals surface area contributed by atoms with Crippen LogP contribution in [0.2, 0.25) is 0 Å². The van der Waals surface area contributed by atoms with E-state index in [2.05, 4.69) is 12.2 Å². The molecule has 0 spiro atoms. The van der Waals surface area contributed by atoms with Gasteiger partial charge in [-0.05, 0) is 39.0 Å². The number of carbonyl (C=O) groups is 1. The van der Waals surface area contributed by atoms with Crippen LogP contribution in [0.25, 0.3) is 0 Å². The highest BCUT2D eigenvalue weighted by atomic mass is 16.7. The summed E-state index contributed by atoms with van der Waals surface area (Å²) in [5.41, 5.74) is 0. The maximum Gasteiger partial charge on any atom is 0.331 e. The summed E-state index contributed by atoms with van der Waals surface area (Å²) >= 11 is 0. The molecule has 0 saturated heterocycles. The minimum absolute atomic E-state index is 0.0183. The molecule has 0 aromatic heterocycles. The van der Waals surface area contributed by atoms with E-state index in [0.717, 1.165) is 32.1 Å². The van der Waals surface area contributed by atoms with Crippen molar-refractivity contribution in [2.45, 2.75) is 69.9 Å². The first-order valence-electron chi connectivity index (χ1n) is 12.0. The van der Waals surface area contributed by atoms with Crippen molar-refractivity contribution in [3.8, 4) is 0 Å². The molecule has 1 heterocycles. The third kappa shape index (κ3) is 15.6. The molecule has 0 bridgehead atoms. The van der Waals surface area contributed by atoms with Gasteiger partial charge in [-0.15, -0.1) is 0 Å². The summed E-state index contributed by atoms with van der Waals surface area (Å²) in [4.78, 5) is 12.0. The molecule has 1 aliphatic heterocycles. The topological polar surface area (TPSA) is 63.2 Å². The molecule has 0 amide bonds. The van der Waals surface area contributed by atoms with Crippen molar-refractivity contribution in [1.82, 2.24) is 0 Å². The van der Waals surface area contributed by atoms with E-state index < -0.39 is 0 Å². The smallest absolute Gasteiger partial charge is 0.331 e. The second-order valence-corrected chi connectivity index (χ2v) is 8.04. The highest BCUT2D eigenvalue weighted by Gasteiger charge is 2.12. The van der Waals surface area contributed by atoms with E-state index in [0.29, 0.717) is 6.42 Å². The molecule has 0 aromatic rings. The van der Waals surface area contributed by atoms with Gasteiger partial charge in [0.1, 0.15) is 6.79 Å². The van der Waals surface area contributed by atoms with Crippen LogP contribution in [0.15, 0.2) is 72.9 Å². The molecule has 1 rings (SSSR count). The van der Waals surface area contributed by atoms with E-state index in [1.54, 1.807) is 27.4 Å². The molecule has 0 aliphatic carbocycles. The molecule has 1 aliphatic rings. The lowest BCUT2D eigenvalue weighted by atomic mass is 10.1. The highest BCUT2D eigenvalue weighted by Crippen LogP contribution is 2.12. The molecule has 6 nitrogen and oxygen atoms in total. The molecular formula is C28H42O6. The molecule has 0 saturated carbocycles. The number of ether oxygens (including phenoxy) is 5. The van der Waals surface area contributed by atoms with Gasteiger partial charge in [0.15, 0.2) is 0 Å². The van der Waals surface area contributed by atoms with Crippen LogP contribution in [0.1, 0.15) is 45.4 Å². The summed E-state index contributed by atoms with van der Waals surface area (Å²) in [6.07, 6.45) is 27.8. The zero-order chi connectivity index (χ0) is 24.9. The van der Waals surface area contributed by atoms with Crippen LogP contribution in [-0.4, -0.2) is 58.5 Å². The van der Waals surface area contributed by atoms with Crippen LogP contribution < -0.4 is 0 Å². The zero-order valence-electron chi connectivity index (χ0n) is 21.1. The molecule has 190 valence electrons. The lowest BCUT2D eigenvalue weighted by Gasteiger charge is -2.18. The van der Waals surface area contributed by atoms with E-state index in [4.69, 9.17) is 23.7 Å². The Morgan fingerprint density at radius 1 is 0.882 bits per heavy atom. The monoisotopic (exact) mass is 474 g/mol. The number of hydrogen-bond acceptors (Lipinski definition) is 6. The normalized spacial score (nSPS) is 31.9. The van der Waals surface area contributed by atoms with E-state index in [-0.39, 0.29) is 37.2 Å². The number of rotatable bonds is 5. The third-order valence-electron chi connectivity index (χ3n) is 5.22. The molecule has 6 heteroatoms. The van der Waals surface area contributed by atoms with Gasteiger partial charge in [0.25, 0.3) is 0 Å². The maximum atomic E-state index is 12.0. The number of carbonyl (C=O) groups excluding carboxylic acids is 1. The largest absolute Gasteiger partial charge is 0.460 e. The molecule has 34 heavy (non-hydrogen) atoms. The summed E-state index contributed by atoms with van der Waals surface area (Å²) < 4.78 is 27.4. The van der Waals surface area contributed by atoms with Crippen LogP contribution >= 0.6 is 0 Å². The van der Waals surface area contributed by atoms with E-state index in [1.807, 2.05) is 55.5 Å². The summed E-state index contributed by atoms with van der Waals surface area (Å²) in [6, 6.07) is 0. The molecule has 4 atom stereocenters. The van der Waals surface area contributed by atoms with Gasteiger partial charge in [0, 0.05) is 33.8 Å². The van der Waals surface area contributed by atoms with Crippen molar-refractivity contribution in [1.29, 1.82) is 0 Å². The standard InChI is InChI=1S/C28H42O6/c1-24-16-10-6-5-7-11-19-26(31-3)22-27(32-4)20-14-8-12-17-25(33-23-30-2)18-13-9-15-21-28(29)34-24/h5,7-9,11-15,17,19,21,24-27H,6,10,16,18,20,22-23H2,1-4H3/b7-5+,13-9+,14-8-,17-12+,19-11+,21-15-/t24-,25-,26+,27+/m1/s1. The molecule has 0 radical (unpaired) electrons. The Bertz CT molecular complexity index is 704. The highest BCUT2D eigenvalue weighted by molar-refractivity contribution is 5.82. The van der Waals surface area contributed by atoms with Crippen molar-refractivity contribution in [2.75, 3.05) is 28.1 Å². The van der Waals surface area contributed by atoms with Gasteiger partial charge < -0.3 is 23.7 Å². The number of methoxy groups -OCH3 is 3. The number of hydrogen-bond donors (Lipinski definition) is 0. The van der Waals surface area contributed by atoms with Gasteiger partial charge in [-0.2, -0.15) is 0 Å². The van der Waals surface area contributed by atoms with E-state index >= 15 is 0 Å². The molecule has 0 N–H and O–H groups in total. The Hall–Kier alpha value is -2.25. The first kappa shape index (κ1) is 29.8. The quantitative estimate of drug-likeness (QED) is 0.380. The van der Waals surface area contributed by atoms with Gasteiger partial charge >= 0.3 is 5.97 Å². The second kappa shape index (κ2) is 20.2. The van der Waals surface area contributed by atoms with Crippen molar-refractivity contribution < 1.29 is 28.5 Å². The summed E-state index contributed by atoms with van der Waals surface area (Å²) in [7, 11) is 5.04. The molecule has 0 aromatic carbocycles. The van der Waals surface area contributed by atoms with Crippen LogP contribution in [-0.2, 0) is 28.5 Å². The summed E-state index contributed by atoms with van der Waals surface area (Å²) in [5, 5.41) is 0. The fraction of sp³-hybridized carbons (Fsp3) is 0.536. The summed E-state index contributed by atoms with van der Waals surface area (Å²) in [6.45, 7) is 2.13. The van der Waals surface area contributed by atoms with E-state index in [1.165, 1.54) is 6.08 Å². The maximum absolute atomic E-state index is 12.0. The first-order valence-corrected chi connectivity index (χ1v) is 12.0. The van der Waals surface area contributed by atoms with Crippen LogP contribution in [0.4, 0.5) is 0 Å². The van der Waals surface area contributed by atoms with Gasteiger partial charge in [0.05, 0.1) is 24.4 Å². The zero-order valence-corrected chi connectivity index (χ0v) is 21.1. The number of esters is 1. The van der Waals surface area contributed by atoms with Gasteiger partial charge in [-0.25, -0.2) is 4.79 Å². The minimum Gasteiger partial charge on any atom is -0.460 e. The fourth-order valence-corrected chi connectivity index (χ4v) is 3.26. The predicted octanol–water partition coefficient (Wildman–Crippen LogP) is 5.63. The first-order chi connectivity index (χ1) is 16.6. The number of allylic oxidation sites excluding steroid dienone is 7. The van der Waals surface area contributed by atoms with Crippen LogP contribution in [0.5, 0.6) is 0 Å². The lowest BCUT2D eigenvalue weighted by molar-refractivity contribution is -0.142. The SMILES string of the molecule is COCO[C@@H]1/C=C/C=C\C[C@H](OC)C[C@@H](OC)/C=C/C=C/CCC[C@@H](C)OC(=O)/C=C\C=C\C1. The Balaban J connectivity index is 2.86. The van der Waals surface area contributed by atoms with Crippen molar-refractivity contribution >= 4 is 5.97 Å². The Labute approximate surface area is 205 Å². The van der Waals surface area contributed by atoms with Crippen molar-refractivity contribution in [3.63, 3.8) is 0 Å². The van der Waals surface area contributed by atoms with Crippen LogP contribution in [0.3, 0.4) is 0 Å². The minimum atomic E-state index is -0.331. The third-order valence-corrected chi connectivity index (χ3v) is 5.22. The Morgan fingerprint density at radius 2 is 1.59 bits per heavy atom. The van der Waals surface area contributed by atoms with Crippen LogP contribution in [0, 0.1) is 0 Å². The summed E-state index contributed by atoms with van der Waals surface area (Å²) in [5.74, 6) is -0.331. The second-order valence-electron chi connectivity index (χ2n) is 8.04. The molecule has 0 fully saturated rings. The predicted molar refractivity (Wildman–Crippen MR) is 136 cm³/mol. The fourth-order valence-electron chi connectivity index (χ4n) is 3.26. The molecule has 0 unspecified atom stereocenters. The average molecular weight is 475 g/mol. The van der Waals surface area contributed by atoms with Crippen molar-refractivity contribution in [3.05, 3.63) is 72.9 Å². The Morgan fingerprint density at radius 3 is 2.32 bits per heavy atom. The lowest BCUT2D eigenvalue weighted by Crippen LogP contribution is -2.19. The van der Waals surface area contributed by atoms with Gasteiger partial charge in [0.2, 0.25) is 0 Å².